The minimum absolute atomic E-state index is 0.752. The lowest BCUT2D eigenvalue weighted by Crippen LogP contribution is -2.23. The van der Waals surface area contributed by atoms with Crippen LogP contribution < -0.4 is 5.32 Å². The monoisotopic (exact) mass is 233 g/mol. The molecule has 3 rings (SSSR count). The smallest absolute Gasteiger partial charge is 0.0983 e. The first-order chi connectivity index (χ1) is 7.86. The summed E-state index contributed by atoms with van der Waals surface area (Å²) < 4.78 is 0. The molecule has 0 aliphatic carbocycles. The Kier molecular flexibility index (Phi) is 2.42. The van der Waals surface area contributed by atoms with Crippen molar-refractivity contribution in [2.75, 3.05) is 6.54 Å². The van der Waals surface area contributed by atoms with E-state index < -0.39 is 0 Å². The summed E-state index contributed by atoms with van der Waals surface area (Å²) in [4.78, 5) is 0. The lowest BCUT2D eigenvalue weighted by Gasteiger charge is -2.13. The number of benzene rings is 1. The van der Waals surface area contributed by atoms with Crippen LogP contribution in [0.15, 0.2) is 24.3 Å². The van der Waals surface area contributed by atoms with Gasteiger partial charge in [-0.1, -0.05) is 29.8 Å². The van der Waals surface area contributed by atoms with Crippen molar-refractivity contribution in [3.63, 3.8) is 0 Å². The summed E-state index contributed by atoms with van der Waals surface area (Å²) in [6.45, 7) is 1.88. The van der Waals surface area contributed by atoms with E-state index in [1.165, 1.54) is 11.3 Å². The van der Waals surface area contributed by atoms with Crippen LogP contribution in [-0.2, 0) is 13.0 Å². The first-order valence-electron chi connectivity index (χ1n) is 5.38. The first kappa shape index (κ1) is 9.87. The van der Waals surface area contributed by atoms with Crippen molar-refractivity contribution < 1.29 is 0 Å². The molecule has 0 bridgehead atoms. The molecule has 1 aliphatic heterocycles. The van der Waals surface area contributed by atoms with Crippen molar-refractivity contribution in [1.29, 1.82) is 0 Å². The van der Waals surface area contributed by atoms with E-state index in [0.717, 1.165) is 35.8 Å². The largest absolute Gasteiger partial charge is 0.312 e. The maximum atomic E-state index is 6.18. The van der Waals surface area contributed by atoms with Crippen LogP contribution in [0.3, 0.4) is 0 Å². The van der Waals surface area contributed by atoms with Crippen molar-refractivity contribution in [2.24, 2.45) is 0 Å². The SMILES string of the molecule is Clc1ccccc1-c1n[nH]c2c1CNCC2. The number of hydrogen-bond donors (Lipinski definition) is 2. The van der Waals surface area contributed by atoms with Gasteiger partial charge in [-0.25, -0.2) is 0 Å². The molecule has 0 radical (unpaired) electrons. The molecule has 0 saturated heterocycles. The minimum Gasteiger partial charge on any atom is -0.312 e. The summed E-state index contributed by atoms with van der Waals surface area (Å²) in [6, 6.07) is 7.82. The standard InChI is InChI=1S/C12H12ClN3/c13-10-4-2-1-3-8(10)12-9-7-14-6-5-11(9)15-16-12/h1-4,14H,5-7H2,(H,15,16). The third-order valence-electron chi connectivity index (χ3n) is 2.94. The molecule has 0 amide bonds. The van der Waals surface area contributed by atoms with Crippen molar-refractivity contribution in [1.82, 2.24) is 15.5 Å². The quantitative estimate of drug-likeness (QED) is 0.794. The molecule has 1 aromatic carbocycles. The lowest BCUT2D eigenvalue weighted by atomic mass is 10.0. The molecule has 0 unspecified atom stereocenters. The zero-order valence-corrected chi connectivity index (χ0v) is 9.51. The Labute approximate surface area is 98.8 Å². The van der Waals surface area contributed by atoms with E-state index in [-0.39, 0.29) is 0 Å². The van der Waals surface area contributed by atoms with Crippen LogP contribution in [0, 0.1) is 0 Å². The highest BCUT2D eigenvalue weighted by Crippen LogP contribution is 2.30. The van der Waals surface area contributed by atoms with E-state index in [0.29, 0.717) is 0 Å². The Morgan fingerprint density at radius 3 is 3.00 bits per heavy atom. The number of hydrogen-bond acceptors (Lipinski definition) is 2. The maximum absolute atomic E-state index is 6.18. The number of nitrogens with one attached hydrogen (secondary N) is 2. The van der Waals surface area contributed by atoms with E-state index in [1.54, 1.807) is 0 Å². The van der Waals surface area contributed by atoms with E-state index in [9.17, 15) is 0 Å². The van der Waals surface area contributed by atoms with Gasteiger partial charge in [-0.15, -0.1) is 0 Å². The summed E-state index contributed by atoms with van der Waals surface area (Å²) in [5.74, 6) is 0. The van der Waals surface area contributed by atoms with Gasteiger partial charge in [0, 0.05) is 36.3 Å². The van der Waals surface area contributed by atoms with E-state index in [4.69, 9.17) is 11.6 Å². The van der Waals surface area contributed by atoms with Gasteiger partial charge < -0.3 is 5.32 Å². The molecule has 0 fully saturated rings. The van der Waals surface area contributed by atoms with Crippen LogP contribution in [0.5, 0.6) is 0 Å². The van der Waals surface area contributed by atoms with Crippen LogP contribution in [0.2, 0.25) is 5.02 Å². The molecule has 3 nitrogen and oxygen atoms in total. The third-order valence-corrected chi connectivity index (χ3v) is 3.26. The average Bonchev–Trinajstić information content (AvgIpc) is 2.74. The van der Waals surface area contributed by atoms with Crippen LogP contribution in [0.1, 0.15) is 11.3 Å². The molecule has 2 N–H and O–H groups in total. The van der Waals surface area contributed by atoms with Crippen molar-refractivity contribution >= 4 is 11.6 Å². The fourth-order valence-corrected chi connectivity index (χ4v) is 2.33. The minimum atomic E-state index is 0.752. The second-order valence-electron chi connectivity index (χ2n) is 3.94. The van der Waals surface area contributed by atoms with Gasteiger partial charge in [0.15, 0.2) is 0 Å². The second-order valence-corrected chi connectivity index (χ2v) is 4.34. The summed E-state index contributed by atoms with van der Waals surface area (Å²) in [7, 11) is 0. The molecule has 1 aliphatic rings. The van der Waals surface area contributed by atoms with Crippen molar-refractivity contribution in [3.05, 3.63) is 40.5 Å². The fraction of sp³-hybridized carbons (Fsp3) is 0.250. The maximum Gasteiger partial charge on any atom is 0.0983 e. The van der Waals surface area contributed by atoms with Gasteiger partial charge in [0.05, 0.1) is 10.7 Å². The highest BCUT2D eigenvalue weighted by Gasteiger charge is 2.18. The summed E-state index contributed by atoms with van der Waals surface area (Å²) >= 11 is 6.18. The molecular weight excluding hydrogens is 222 g/mol. The van der Waals surface area contributed by atoms with Gasteiger partial charge in [-0.05, 0) is 6.07 Å². The first-order valence-corrected chi connectivity index (χ1v) is 5.76. The fourth-order valence-electron chi connectivity index (χ4n) is 2.10. The topological polar surface area (TPSA) is 40.7 Å². The van der Waals surface area contributed by atoms with Gasteiger partial charge in [-0.2, -0.15) is 5.10 Å². The predicted octanol–water partition coefficient (Wildman–Crippen LogP) is 2.38. The van der Waals surface area contributed by atoms with Gasteiger partial charge in [0.25, 0.3) is 0 Å². The highest BCUT2D eigenvalue weighted by atomic mass is 35.5. The molecule has 0 spiro atoms. The molecule has 2 heterocycles. The molecule has 16 heavy (non-hydrogen) atoms. The zero-order valence-electron chi connectivity index (χ0n) is 8.76. The molecule has 1 aromatic heterocycles. The Hall–Kier alpha value is -1.32. The molecule has 0 atom stereocenters. The number of aromatic nitrogens is 2. The predicted molar refractivity (Wildman–Crippen MR) is 64.4 cm³/mol. The number of rotatable bonds is 1. The number of nitrogens with zero attached hydrogens (tertiary/aromatic N) is 1. The van der Waals surface area contributed by atoms with E-state index in [2.05, 4.69) is 15.5 Å². The van der Waals surface area contributed by atoms with Crippen LogP contribution >= 0.6 is 11.6 Å². The van der Waals surface area contributed by atoms with Crippen LogP contribution in [0.4, 0.5) is 0 Å². The van der Waals surface area contributed by atoms with Gasteiger partial charge >= 0.3 is 0 Å². The van der Waals surface area contributed by atoms with Crippen molar-refractivity contribution in [2.45, 2.75) is 13.0 Å². The van der Waals surface area contributed by atoms with Crippen LogP contribution in [0.25, 0.3) is 11.3 Å². The molecular formula is C12H12ClN3. The Morgan fingerprint density at radius 2 is 2.12 bits per heavy atom. The number of halogens is 1. The highest BCUT2D eigenvalue weighted by molar-refractivity contribution is 6.33. The number of H-pyrrole nitrogens is 1. The Balaban J connectivity index is 2.13. The lowest BCUT2D eigenvalue weighted by molar-refractivity contribution is 0.637. The van der Waals surface area contributed by atoms with Gasteiger partial charge in [0.2, 0.25) is 0 Å². The summed E-state index contributed by atoms with van der Waals surface area (Å²) in [5, 5.41) is 11.6. The Bertz CT molecular complexity index is 519. The zero-order chi connectivity index (χ0) is 11.0. The summed E-state index contributed by atoms with van der Waals surface area (Å²) in [5.41, 5.74) is 4.46. The number of aromatic amines is 1. The molecule has 82 valence electrons. The second kappa shape index (κ2) is 3.92. The van der Waals surface area contributed by atoms with Gasteiger partial charge in [-0.3, -0.25) is 5.10 Å². The average molecular weight is 234 g/mol. The van der Waals surface area contributed by atoms with Gasteiger partial charge in [0.1, 0.15) is 0 Å². The molecule has 0 saturated carbocycles. The van der Waals surface area contributed by atoms with Crippen LogP contribution in [-0.4, -0.2) is 16.7 Å². The number of fused-ring (bicyclic) bond motifs is 1. The third kappa shape index (κ3) is 1.52. The molecule has 2 aromatic rings. The molecule has 4 heteroatoms. The summed E-state index contributed by atoms with van der Waals surface area (Å²) in [6.07, 6.45) is 1.01. The van der Waals surface area contributed by atoms with Crippen molar-refractivity contribution in [3.8, 4) is 11.3 Å². The Morgan fingerprint density at radius 1 is 1.25 bits per heavy atom. The van der Waals surface area contributed by atoms with E-state index in [1.807, 2.05) is 24.3 Å². The van der Waals surface area contributed by atoms with E-state index >= 15 is 0 Å². The normalized spacial score (nSPS) is 14.8.